The number of primary amides is 1. The van der Waals surface area contributed by atoms with Gasteiger partial charge in [0.15, 0.2) is 5.16 Å². The van der Waals surface area contributed by atoms with Crippen molar-refractivity contribution >= 4 is 35.4 Å². The topological polar surface area (TPSA) is 129 Å². The smallest absolute Gasteiger partial charge is 0.342 e. The van der Waals surface area contributed by atoms with Crippen molar-refractivity contribution in [2.45, 2.75) is 19.0 Å². The lowest BCUT2D eigenvalue weighted by atomic mass is 10.1. The normalized spacial score (nSPS) is 10.7. The average molecular weight is 442 g/mol. The zero-order valence-electron chi connectivity index (χ0n) is 17.3. The number of nitrogens with two attached hydrogens (primary N) is 1. The Hall–Kier alpha value is -3.53. The van der Waals surface area contributed by atoms with E-state index in [1.54, 1.807) is 13.1 Å². The van der Waals surface area contributed by atoms with Gasteiger partial charge in [0.2, 0.25) is 11.8 Å². The number of carbonyl (C=O) groups excluding carboxylic acids is 3. The van der Waals surface area contributed by atoms with E-state index in [1.165, 1.54) is 18.7 Å². The minimum Gasteiger partial charge on any atom is -0.462 e. The Kier molecular flexibility index (Phi) is 6.81. The van der Waals surface area contributed by atoms with Crippen molar-refractivity contribution in [2.75, 3.05) is 17.7 Å². The molecule has 0 unspecified atom stereocenters. The van der Waals surface area contributed by atoms with Gasteiger partial charge in [-0.25, -0.2) is 9.78 Å². The van der Waals surface area contributed by atoms with E-state index in [0.717, 1.165) is 11.3 Å². The molecule has 0 bridgehead atoms. The molecule has 2 amide bonds. The predicted octanol–water partition coefficient (Wildman–Crippen LogP) is 2.99. The first-order valence-electron chi connectivity index (χ1n) is 9.43. The molecular formula is C21H22N4O5S. The van der Waals surface area contributed by atoms with Gasteiger partial charge in [-0.1, -0.05) is 42.1 Å². The van der Waals surface area contributed by atoms with Crippen LogP contribution < -0.4 is 11.1 Å². The molecular weight excluding hydrogens is 420 g/mol. The monoisotopic (exact) mass is 442 g/mol. The van der Waals surface area contributed by atoms with Crippen molar-refractivity contribution in [3.05, 3.63) is 53.4 Å². The van der Waals surface area contributed by atoms with Crippen LogP contribution in [-0.4, -0.2) is 39.7 Å². The van der Waals surface area contributed by atoms with Crippen LogP contribution in [0.2, 0.25) is 0 Å². The fraction of sp³-hybridized carbons (Fsp3) is 0.238. The first kappa shape index (κ1) is 22.2. The molecule has 0 atom stereocenters. The van der Waals surface area contributed by atoms with Crippen LogP contribution in [0.4, 0.5) is 5.88 Å². The molecule has 0 saturated carbocycles. The van der Waals surface area contributed by atoms with Crippen LogP contribution >= 0.6 is 11.8 Å². The second-order valence-corrected chi connectivity index (χ2v) is 7.45. The molecule has 10 heteroatoms. The third-order valence-electron chi connectivity index (χ3n) is 4.41. The zero-order chi connectivity index (χ0) is 22.5. The SMILES string of the molecule is CCOC(=O)c1c(C)oc(NC(=O)CSc2ncc(-c3ccccc3)n2C)c1C(N)=O. The minimum absolute atomic E-state index is 0.00573. The summed E-state index contributed by atoms with van der Waals surface area (Å²) in [6.07, 6.45) is 1.74. The van der Waals surface area contributed by atoms with Gasteiger partial charge in [0.1, 0.15) is 16.9 Å². The molecule has 2 aromatic heterocycles. The molecule has 3 N–H and O–H groups in total. The lowest BCUT2D eigenvalue weighted by Gasteiger charge is -2.06. The number of carbonyl (C=O) groups is 3. The predicted molar refractivity (Wildman–Crippen MR) is 116 cm³/mol. The summed E-state index contributed by atoms with van der Waals surface area (Å²) in [6.45, 7) is 3.24. The van der Waals surface area contributed by atoms with E-state index in [4.69, 9.17) is 14.9 Å². The van der Waals surface area contributed by atoms with E-state index in [0.29, 0.717) is 5.16 Å². The number of nitrogens with one attached hydrogen (secondary N) is 1. The van der Waals surface area contributed by atoms with Crippen LogP contribution in [0.5, 0.6) is 0 Å². The van der Waals surface area contributed by atoms with Crippen molar-refractivity contribution in [3.8, 4) is 11.3 Å². The maximum Gasteiger partial charge on any atom is 0.342 e. The summed E-state index contributed by atoms with van der Waals surface area (Å²) in [6, 6.07) is 9.77. The quantitative estimate of drug-likeness (QED) is 0.405. The number of anilines is 1. The van der Waals surface area contributed by atoms with E-state index in [-0.39, 0.29) is 35.1 Å². The molecule has 0 radical (unpaired) electrons. The summed E-state index contributed by atoms with van der Waals surface area (Å²) in [7, 11) is 1.86. The van der Waals surface area contributed by atoms with Gasteiger partial charge in [0, 0.05) is 7.05 Å². The molecule has 162 valence electrons. The number of thioether (sulfide) groups is 1. The molecule has 31 heavy (non-hydrogen) atoms. The Labute approximate surface area is 183 Å². The number of amides is 2. The Morgan fingerprint density at radius 1 is 1.23 bits per heavy atom. The lowest BCUT2D eigenvalue weighted by Crippen LogP contribution is -2.21. The summed E-state index contributed by atoms with van der Waals surface area (Å²) in [5.41, 5.74) is 7.03. The summed E-state index contributed by atoms with van der Waals surface area (Å²) in [5, 5.41) is 3.15. The highest BCUT2D eigenvalue weighted by molar-refractivity contribution is 7.99. The molecule has 1 aromatic carbocycles. The minimum atomic E-state index is -0.903. The van der Waals surface area contributed by atoms with Gasteiger partial charge in [-0.15, -0.1) is 0 Å². The molecule has 0 fully saturated rings. The van der Waals surface area contributed by atoms with Crippen molar-refractivity contribution in [3.63, 3.8) is 0 Å². The van der Waals surface area contributed by atoms with Crippen molar-refractivity contribution < 1.29 is 23.5 Å². The van der Waals surface area contributed by atoms with Gasteiger partial charge in [-0.3, -0.25) is 14.9 Å². The lowest BCUT2D eigenvalue weighted by molar-refractivity contribution is -0.113. The number of aromatic nitrogens is 2. The molecule has 0 spiro atoms. The van der Waals surface area contributed by atoms with Crippen LogP contribution in [0.1, 0.15) is 33.4 Å². The first-order chi connectivity index (χ1) is 14.8. The third kappa shape index (κ3) is 4.80. The average Bonchev–Trinajstić information content (AvgIpc) is 3.26. The van der Waals surface area contributed by atoms with E-state index >= 15 is 0 Å². The number of rotatable bonds is 8. The van der Waals surface area contributed by atoms with Gasteiger partial charge in [-0.05, 0) is 19.4 Å². The van der Waals surface area contributed by atoms with Crippen molar-refractivity contribution in [1.82, 2.24) is 9.55 Å². The number of furan rings is 1. The molecule has 0 aliphatic rings. The molecule has 3 aromatic rings. The number of hydrogen-bond donors (Lipinski definition) is 2. The Balaban J connectivity index is 1.72. The third-order valence-corrected chi connectivity index (χ3v) is 5.45. The Morgan fingerprint density at radius 3 is 2.58 bits per heavy atom. The number of benzene rings is 1. The van der Waals surface area contributed by atoms with Gasteiger partial charge >= 0.3 is 5.97 Å². The molecule has 0 aliphatic carbocycles. The summed E-state index contributed by atoms with van der Waals surface area (Å²) in [4.78, 5) is 40.9. The van der Waals surface area contributed by atoms with E-state index in [2.05, 4.69) is 10.3 Å². The maximum atomic E-state index is 12.5. The molecule has 3 rings (SSSR count). The van der Waals surface area contributed by atoms with E-state index in [1.807, 2.05) is 41.9 Å². The highest BCUT2D eigenvalue weighted by atomic mass is 32.2. The van der Waals surface area contributed by atoms with Crippen LogP contribution in [-0.2, 0) is 16.6 Å². The fourth-order valence-corrected chi connectivity index (χ4v) is 3.77. The van der Waals surface area contributed by atoms with Crippen molar-refractivity contribution in [1.29, 1.82) is 0 Å². The van der Waals surface area contributed by atoms with Crippen LogP contribution in [0.15, 0.2) is 46.1 Å². The van der Waals surface area contributed by atoms with Crippen LogP contribution in [0.25, 0.3) is 11.3 Å². The number of ether oxygens (including phenoxy) is 1. The maximum absolute atomic E-state index is 12.5. The first-order valence-corrected chi connectivity index (χ1v) is 10.4. The highest BCUT2D eigenvalue weighted by Crippen LogP contribution is 2.29. The van der Waals surface area contributed by atoms with Crippen molar-refractivity contribution in [2.24, 2.45) is 12.8 Å². The number of nitrogens with zero attached hydrogens (tertiary/aromatic N) is 2. The van der Waals surface area contributed by atoms with E-state index in [9.17, 15) is 14.4 Å². The highest BCUT2D eigenvalue weighted by Gasteiger charge is 2.29. The van der Waals surface area contributed by atoms with Gasteiger partial charge in [0.05, 0.1) is 24.3 Å². The molecule has 0 aliphatic heterocycles. The molecule has 0 saturated heterocycles. The largest absolute Gasteiger partial charge is 0.462 e. The Morgan fingerprint density at radius 2 is 1.94 bits per heavy atom. The fourth-order valence-electron chi connectivity index (χ4n) is 3.01. The number of aryl methyl sites for hydroxylation is 1. The van der Waals surface area contributed by atoms with Gasteiger partial charge in [-0.2, -0.15) is 0 Å². The van der Waals surface area contributed by atoms with Gasteiger partial charge in [0.25, 0.3) is 5.91 Å². The Bertz CT molecular complexity index is 1120. The number of hydrogen-bond acceptors (Lipinski definition) is 7. The standard InChI is InChI=1S/C21H22N4O5S/c1-4-29-20(28)16-12(2)30-19(17(16)18(22)27)24-15(26)11-31-21-23-10-14(25(21)3)13-8-6-5-7-9-13/h5-10H,4,11H2,1-3H3,(H2,22,27)(H,24,26). The summed E-state index contributed by atoms with van der Waals surface area (Å²) in [5.74, 6) is -2.13. The van der Waals surface area contributed by atoms with E-state index < -0.39 is 17.8 Å². The second-order valence-electron chi connectivity index (χ2n) is 6.51. The number of esters is 1. The van der Waals surface area contributed by atoms with Gasteiger partial charge < -0.3 is 19.5 Å². The second kappa shape index (κ2) is 9.52. The van der Waals surface area contributed by atoms with Crippen LogP contribution in [0, 0.1) is 6.92 Å². The molecule has 9 nitrogen and oxygen atoms in total. The zero-order valence-corrected chi connectivity index (χ0v) is 18.1. The number of imidazole rings is 1. The van der Waals surface area contributed by atoms with Crippen LogP contribution in [0.3, 0.4) is 0 Å². The molecule has 2 heterocycles. The summed E-state index contributed by atoms with van der Waals surface area (Å²) >= 11 is 1.22. The summed E-state index contributed by atoms with van der Waals surface area (Å²) < 4.78 is 12.2.